The summed E-state index contributed by atoms with van der Waals surface area (Å²) in [5.41, 5.74) is 1.15. The Labute approximate surface area is 284 Å². The van der Waals surface area contributed by atoms with Crippen LogP contribution in [-0.4, -0.2) is 73.1 Å². The molecule has 4 atom stereocenters. The van der Waals surface area contributed by atoms with Crippen LogP contribution in [0.5, 0.6) is 11.5 Å². The van der Waals surface area contributed by atoms with Gasteiger partial charge in [-0.1, -0.05) is 61.9 Å². The molecule has 2 unspecified atom stereocenters. The van der Waals surface area contributed by atoms with Crippen LogP contribution < -0.4 is 19.5 Å². The highest BCUT2D eigenvalue weighted by atomic mass is 32.2. The fraction of sp³-hybridized carbons (Fsp3) is 0.333. The monoisotopic (exact) mass is 686 g/mol. The van der Waals surface area contributed by atoms with Crippen molar-refractivity contribution >= 4 is 38.8 Å². The molecule has 0 spiro atoms. The summed E-state index contributed by atoms with van der Waals surface area (Å²) in [6, 6.07) is 21.5. The smallest absolute Gasteiger partial charge is 0.411 e. The molecule has 13 heteroatoms. The van der Waals surface area contributed by atoms with E-state index in [4.69, 9.17) is 19.2 Å². The molecule has 6 rings (SSSR count). The lowest BCUT2D eigenvalue weighted by molar-refractivity contribution is -0.130. The van der Waals surface area contributed by atoms with Gasteiger partial charge in [-0.25, -0.2) is 22.9 Å². The molecule has 256 valence electrons. The number of hydrogen-bond acceptors (Lipinski definition) is 9. The molecular formula is C36H38N4O8S. The topological polar surface area (TPSA) is 153 Å². The molecule has 2 fully saturated rings. The third kappa shape index (κ3) is 6.75. The Morgan fingerprint density at radius 2 is 1.73 bits per heavy atom. The van der Waals surface area contributed by atoms with Crippen LogP contribution >= 0.6 is 0 Å². The van der Waals surface area contributed by atoms with Gasteiger partial charge in [0.1, 0.15) is 41.3 Å². The van der Waals surface area contributed by atoms with E-state index in [-0.39, 0.29) is 17.7 Å². The first kappa shape index (κ1) is 33.7. The Balaban J connectivity index is 1.29. The number of sulfonamides is 1. The van der Waals surface area contributed by atoms with Gasteiger partial charge in [0, 0.05) is 29.5 Å². The number of fused-ring (bicyclic) bond motifs is 2. The van der Waals surface area contributed by atoms with Gasteiger partial charge in [0.2, 0.25) is 5.91 Å². The van der Waals surface area contributed by atoms with Gasteiger partial charge in [0.15, 0.2) is 0 Å². The SMILES string of the molecule is CCC[C@H](NC(=O)[C@@H]1CC(Oc2cc(-c3ccccc3)nc3cc(OC)ccc23)C2N1C(=O)OC2(C)C)C(=O)NS(=O)(=O)c1ccccc1. The predicted molar refractivity (Wildman–Crippen MR) is 181 cm³/mol. The van der Waals surface area contributed by atoms with Crippen LogP contribution in [0.15, 0.2) is 89.8 Å². The minimum Gasteiger partial charge on any atom is -0.497 e. The van der Waals surface area contributed by atoms with Crippen LogP contribution in [0.4, 0.5) is 4.79 Å². The fourth-order valence-electron chi connectivity index (χ4n) is 6.55. The Kier molecular flexibility index (Phi) is 9.21. The molecule has 0 bridgehead atoms. The van der Waals surface area contributed by atoms with Crippen molar-refractivity contribution in [2.75, 3.05) is 7.11 Å². The number of cyclic esters (lactones) is 1. The van der Waals surface area contributed by atoms with Gasteiger partial charge in [-0.15, -0.1) is 0 Å². The van der Waals surface area contributed by atoms with Gasteiger partial charge in [0.25, 0.3) is 15.9 Å². The van der Waals surface area contributed by atoms with Crippen molar-refractivity contribution in [1.29, 1.82) is 0 Å². The molecule has 4 aromatic rings. The zero-order valence-electron chi connectivity index (χ0n) is 27.6. The third-order valence-corrected chi connectivity index (χ3v) is 10.2. The Hall–Kier alpha value is -5.17. The molecule has 2 aliphatic heterocycles. The minimum absolute atomic E-state index is 0.0805. The van der Waals surface area contributed by atoms with Gasteiger partial charge in [0.05, 0.1) is 23.2 Å². The van der Waals surface area contributed by atoms with Crippen molar-refractivity contribution in [2.24, 2.45) is 0 Å². The summed E-state index contributed by atoms with van der Waals surface area (Å²) < 4.78 is 45.7. The first-order valence-corrected chi connectivity index (χ1v) is 17.5. The van der Waals surface area contributed by atoms with E-state index in [0.29, 0.717) is 34.5 Å². The van der Waals surface area contributed by atoms with E-state index in [1.54, 1.807) is 45.2 Å². The number of carbonyl (C=O) groups is 3. The Morgan fingerprint density at radius 3 is 2.41 bits per heavy atom. The summed E-state index contributed by atoms with van der Waals surface area (Å²) >= 11 is 0. The number of pyridine rings is 1. The number of aromatic nitrogens is 1. The first-order chi connectivity index (χ1) is 23.4. The highest BCUT2D eigenvalue weighted by Crippen LogP contribution is 2.43. The molecule has 2 N–H and O–H groups in total. The number of methoxy groups -OCH3 is 1. The highest BCUT2D eigenvalue weighted by molar-refractivity contribution is 7.90. The maximum absolute atomic E-state index is 13.9. The summed E-state index contributed by atoms with van der Waals surface area (Å²) in [7, 11) is -2.60. The van der Waals surface area contributed by atoms with E-state index < -0.39 is 57.8 Å². The zero-order valence-corrected chi connectivity index (χ0v) is 28.4. The average molecular weight is 687 g/mol. The summed E-state index contributed by atoms with van der Waals surface area (Å²) in [5.74, 6) is -0.372. The van der Waals surface area contributed by atoms with E-state index in [2.05, 4.69) is 10.0 Å². The van der Waals surface area contributed by atoms with Crippen molar-refractivity contribution in [3.8, 4) is 22.8 Å². The first-order valence-electron chi connectivity index (χ1n) is 16.1. The number of rotatable bonds is 11. The lowest BCUT2D eigenvalue weighted by Crippen LogP contribution is -2.54. The van der Waals surface area contributed by atoms with Crippen LogP contribution in [0, 0.1) is 0 Å². The lowest BCUT2D eigenvalue weighted by Gasteiger charge is -2.29. The summed E-state index contributed by atoms with van der Waals surface area (Å²) in [5, 5.41) is 3.42. The number of amides is 3. The molecule has 0 radical (unpaired) electrons. The second kappa shape index (κ2) is 13.4. The normalized spacial score (nSPS) is 20.3. The quantitative estimate of drug-likeness (QED) is 0.226. The van der Waals surface area contributed by atoms with Crippen LogP contribution in [0.2, 0.25) is 0 Å². The molecule has 3 aromatic carbocycles. The van der Waals surface area contributed by atoms with Crippen molar-refractivity contribution in [2.45, 2.75) is 74.8 Å². The molecule has 1 aromatic heterocycles. The predicted octanol–water partition coefficient (Wildman–Crippen LogP) is 4.82. The van der Waals surface area contributed by atoms with Crippen LogP contribution in [0.1, 0.15) is 40.0 Å². The largest absolute Gasteiger partial charge is 0.497 e. The second-order valence-corrected chi connectivity index (χ2v) is 14.3. The van der Waals surface area contributed by atoms with Gasteiger partial charge in [-0.2, -0.15) is 0 Å². The summed E-state index contributed by atoms with van der Waals surface area (Å²) in [6.45, 7) is 5.34. The molecule has 3 heterocycles. The molecule has 0 saturated carbocycles. The van der Waals surface area contributed by atoms with Crippen LogP contribution in [0.25, 0.3) is 22.2 Å². The number of hydrogen-bond donors (Lipinski definition) is 2. The number of carbonyl (C=O) groups excluding carboxylic acids is 3. The molecular weight excluding hydrogens is 648 g/mol. The van der Waals surface area contributed by atoms with E-state index in [0.717, 1.165) is 5.56 Å². The van der Waals surface area contributed by atoms with Gasteiger partial charge in [-0.05, 0) is 44.5 Å². The van der Waals surface area contributed by atoms with E-state index >= 15 is 0 Å². The Morgan fingerprint density at radius 1 is 1.04 bits per heavy atom. The minimum atomic E-state index is -4.17. The van der Waals surface area contributed by atoms with Crippen molar-refractivity contribution < 1.29 is 37.0 Å². The zero-order chi connectivity index (χ0) is 34.9. The number of benzene rings is 3. The third-order valence-electron chi connectivity index (χ3n) is 8.85. The van der Waals surface area contributed by atoms with E-state index in [1.165, 1.54) is 17.0 Å². The van der Waals surface area contributed by atoms with E-state index in [1.807, 2.05) is 55.5 Å². The molecule has 12 nitrogen and oxygen atoms in total. The number of ether oxygens (including phenoxy) is 3. The van der Waals surface area contributed by atoms with Gasteiger partial charge < -0.3 is 19.5 Å². The fourth-order valence-corrected chi connectivity index (χ4v) is 7.59. The van der Waals surface area contributed by atoms with Crippen LogP contribution in [0.3, 0.4) is 0 Å². The molecule has 3 amide bonds. The summed E-state index contributed by atoms with van der Waals surface area (Å²) in [6.07, 6.45) is -0.629. The van der Waals surface area contributed by atoms with Crippen molar-refractivity contribution in [3.05, 3.63) is 84.9 Å². The van der Waals surface area contributed by atoms with Crippen molar-refractivity contribution in [1.82, 2.24) is 19.9 Å². The lowest BCUT2D eigenvalue weighted by atomic mass is 9.95. The summed E-state index contributed by atoms with van der Waals surface area (Å²) in [4.78, 5) is 46.6. The highest BCUT2D eigenvalue weighted by Gasteiger charge is 2.61. The van der Waals surface area contributed by atoms with Crippen molar-refractivity contribution in [3.63, 3.8) is 0 Å². The maximum Gasteiger partial charge on any atom is 0.411 e. The molecule has 0 aliphatic carbocycles. The number of nitrogens with zero attached hydrogens (tertiary/aromatic N) is 2. The van der Waals surface area contributed by atoms with Crippen LogP contribution in [-0.2, 0) is 24.3 Å². The van der Waals surface area contributed by atoms with Gasteiger partial charge >= 0.3 is 6.09 Å². The standard InChI is InChI=1S/C36H38N4O8S/c1-5-12-26(33(41)39-49(44,45)24-15-10-7-11-16-24)38-34(42)29-21-31(32-36(2,3)48-35(43)40(29)32)47-30-20-27(22-13-8-6-9-14-22)37-28-19-23(46-4)17-18-25(28)30/h6-11,13-20,26,29,31-32H,5,12,21H2,1-4H3,(H,38,42)(H,39,41)/t26-,29-,31?,32?/m0/s1. The van der Waals surface area contributed by atoms with Gasteiger partial charge in [-0.3, -0.25) is 14.5 Å². The Bertz CT molecular complexity index is 1990. The average Bonchev–Trinajstić information content (AvgIpc) is 3.59. The molecule has 2 aliphatic rings. The maximum atomic E-state index is 13.9. The number of nitrogens with one attached hydrogen (secondary N) is 2. The van der Waals surface area contributed by atoms with E-state index in [9.17, 15) is 22.8 Å². The molecule has 2 saturated heterocycles. The molecule has 49 heavy (non-hydrogen) atoms. The second-order valence-electron chi connectivity index (χ2n) is 12.6.